The fourth-order valence-corrected chi connectivity index (χ4v) is 3.34. The summed E-state index contributed by atoms with van der Waals surface area (Å²) < 4.78 is 0. The second kappa shape index (κ2) is 5.52. The van der Waals surface area contributed by atoms with Gasteiger partial charge in [0.25, 0.3) is 0 Å². The maximum absolute atomic E-state index is 2.47. The van der Waals surface area contributed by atoms with E-state index in [9.17, 15) is 0 Å². The maximum atomic E-state index is 2.47. The Hall–Kier alpha value is -0.107. The first-order valence-electron chi connectivity index (χ1n) is 4.44. The van der Waals surface area contributed by atoms with Crippen molar-refractivity contribution in [3.63, 3.8) is 0 Å². The van der Waals surface area contributed by atoms with Gasteiger partial charge in [0.05, 0.1) is 0 Å². The molecule has 0 nitrogen and oxygen atoms in total. The van der Waals surface area contributed by atoms with Gasteiger partial charge in [-0.3, -0.25) is 0 Å². The van der Waals surface area contributed by atoms with Gasteiger partial charge in [0.15, 0.2) is 0 Å². The molecule has 0 aromatic rings. The topological polar surface area (TPSA) is 0 Å². The van der Waals surface area contributed by atoms with Crippen LogP contribution >= 0.6 is 0 Å². The Bertz CT molecular complexity index is 238. The van der Waals surface area contributed by atoms with Gasteiger partial charge in [-0.05, 0) is 0 Å². The Kier molecular flexibility index (Phi) is 5.47. The van der Waals surface area contributed by atoms with Crippen molar-refractivity contribution in [1.29, 1.82) is 0 Å². The predicted molar refractivity (Wildman–Crippen MR) is 61.4 cm³/mol. The van der Waals surface area contributed by atoms with Gasteiger partial charge in [0.2, 0.25) is 0 Å². The Morgan fingerprint density at radius 3 is 1.92 bits per heavy atom. The van der Waals surface area contributed by atoms with Crippen molar-refractivity contribution in [2.75, 3.05) is 0 Å². The minimum atomic E-state index is -0.785. The summed E-state index contributed by atoms with van der Waals surface area (Å²) in [4.78, 5) is 2.47. The first-order chi connectivity index (χ1) is 5.49. The summed E-state index contributed by atoms with van der Waals surface area (Å²) in [5, 5.41) is 0. The van der Waals surface area contributed by atoms with Crippen LogP contribution in [0.3, 0.4) is 0 Å². The molecule has 0 amide bonds. The summed E-state index contributed by atoms with van der Waals surface area (Å²) in [6, 6.07) is 0. The van der Waals surface area contributed by atoms with Crippen LogP contribution in [0, 0.1) is 0 Å². The van der Waals surface area contributed by atoms with E-state index in [1.165, 1.54) is 16.7 Å². The third-order valence-corrected chi connectivity index (χ3v) is 4.24. The average Bonchev–Trinajstić information content (AvgIpc) is 2.00. The Morgan fingerprint density at radius 1 is 1.08 bits per heavy atom. The Morgan fingerprint density at radius 2 is 1.58 bits per heavy atom. The molecule has 0 aliphatic rings. The third-order valence-electron chi connectivity index (χ3n) is 2.12. The van der Waals surface area contributed by atoms with Crippen molar-refractivity contribution in [3.05, 3.63) is 22.8 Å². The van der Waals surface area contributed by atoms with Crippen LogP contribution in [-0.2, 0) is 0 Å². The number of allylic oxidation sites excluding steroid dienone is 4. The molecule has 0 atom stereocenters. The van der Waals surface area contributed by atoms with Crippen LogP contribution in [0.25, 0.3) is 0 Å². The molecular weight excluding hydrogens is 205 g/mol. The molecule has 0 bridgehead atoms. The SMILES string of the molecule is CC=C(C)C(C)=C(C)[CH]=[Ge]([CH3])[CH3]. The third kappa shape index (κ3) is 4.05. The van der Waals surface area contributed by atoms with Gasteiger partial charge in [0, 0.05) is 0 Å². The van der Waals surface area contributed by atoms with Gasteiger partial charge in [-0.25, -0.2) is 0 Å². The van der Waals surface area contributed by atoms with E-state index in [0.29, 0.717) is 0 Å². The average molecular weight is 225 g/mol. The van der Waals surface area contributed by atoms with E-state index in [4.69, 9.17) is 0 Å². The zero-order valence-electron chi connectivity index (χ0n) is 9.15. The summed E-state index contributed by atoms with van der Waals surface area (Å²) >= 11 is -0.785. The zero-order valence-corrected chi connectivity index (χ0v) is 11.3. The first kappa shape index (κ1) is 11.9. The molecule has 0 radical (unpaired) electrons. The van der Waals surface area contributed by atoms with Crippen LogP contribution in [0.5, 0.6) is 0 Å². The summed E-state index contributed by atoms with van der Waals surface area (Å²) in [5.74, 6) is 4.75. The van der Waals surface area contributed by atoms with Crippen LogP contribution in [-0.4, -0.2) is 18.8 Å². The molecule has 0 rings (SSSR count). The molecular formula is C11H20Ge. The molecule has 68 valence electrons. The minimum absolute atomic E-state index is 0.785. The Balaban J connectivity index is 4.82. The van der Waals surface area contributed by atoms with Crippen LogP contribution < -0.4 is 0 Å². The quantitative estimate of drug-likeness (QED) is 0.498. The molecule has 1 heteroatoms. The van der Waals surface area contributed by atoms with Crippen molar-refractivity contribution >= 4 is 18.8 Å². The van der Waals surface area contributed by atoms with Crippen molar-refractivity contribution in [2.24, 2.45) is 0 Å². The second-order valence-electron chi connectivity index (χ2n) is 3.50. The van der Waals surface area contributed by atoms with E-state index >= 15 is 0 Å². The monoisotopic (exact) mass is 226 g/mol. The van der Waals surface area contributed by atoms with Crippen LogP contribution in [0.1, 0.15) is 27.7 Å². The molecule has 0 aliphatic heterocycles. The molecule has 0 N–H and O–H groups in total. The summed E-state index contributed by atoms with van der Waals surface area (Å²) in [6.07, 6.45) is 2.18. The van der Waals surface area contributed by atoms with Crippen LogP contribution in [0.15, 0.2) is 22.8 Å². The standard InChI is InChI=1S/C11H20Ge/c1-7-9(2)11(4)10(3)8-12(5)6/h7-8H,1-6H3. The van der Waals surface area contributed by atoms with E-state index in [1.807, 2.05) is 0 Å². The Labute approximate surface area is 81.0 Å². The molecule has 0 saturated carbocycles. The fraction of sp³-hybridized carbons (Fsp3) is 0.545. The van der Waals surface area contributed by atoms with E-state index in [2.05, 4.69) is 50.1 Å². The first-order valence-corrected chi connectivity index (χ1v) is 9.85. The van der Waals surface area contributed by atoms with Crippen molar-refractivity contribution in [1.82, 2.24) is 0 Å². The molecule has 0 heterocycles. The van der Waals surface area contributed by atoms with Gasteiger partial charge in [0.1, 0.15) is 0 Å². The van der Waals surface area contributed by atoms with Gasteiger partial charge >= 0.3 is 80.8 Å². The van der Waals surface area contributed by atoms with Crippen molar-refractivity contribution in [2.45, 2.75) is 39.2 Å². The number of rotatable bonds is 2. The van der Waals surface area contributed by atoms with Crippen molar-refractivity contribution < 1.29 is 0 Å². The van der Waals surface area contributed by atoms with Gasteiger partial charge < -0.3 is 0 Å². The van der Waals surface area contributed by atoms with Gasteiger partial charge in [-0.2, -0.15) is 0 Å². The van der Waals surface area contributed by atoms with Gasteiger partial charge in [-0.15, -0.1) is 0 Å². The molecule has 0 fully saturated rings. The molecule has 0 spiro atoms. The summed E-state index contributed by atoms with van der Waals surface area (Å²) in [7, 11) is 0. The summed E-state index contributed by atoms with van der Waals surface area (Å²) in [6.45, 7) is 8.71. The molecule has 0 aromatic heterocycles. The van der Waals surface area contributed by atoms with E-state index in [0.717, 1.165) is 0 Å². The van der Waals surface area contributed by atoms with Crippen LogP contribution in [0.2, 0.25) is 11.5 Å². The molecule has 0 aromatic carbocycles. The van der Waals surface area contributed by atoms with E-state index < -0.39 is 13.9 Å². The molecule has 0 saturated heterocycles. The fourth-order valence-electron chi connectivity index (χ4n) is 1.07. The predicted octanol–water partition coefficient (Wildman–Crippen LogP) is 3.43. The molecule has 0 unspecified atom stereocenters. The van der Waals surface area contributed by atoms with Crippen LogP contribution in [0.4, 0.5) is 0 Å². The normalized spacial score (nSPS) is 14.0. The molecule has 0 aliphatic carbocycles. The van der Waals surface area contributed by atoms with Gasteiger partial charge in [-0.1, -0.05) is 0 Å². The number of hydrogen-bond donors (Lipinski definition) is 0. The second-order valence-corrected chi connectivity index (χ2v) is 8.63. The zero-order chi connectivity index (χ0) is 9.72. The van der Waals surface area contributed by atoms with Crippen molar-refractivity contribution in [3.8, 4) is 0 Å². The summed E-state index contributed by atoms with van der Waals surface area (Å²) in [5.41, 5.74) is 4.33. The van der Waals surface area contributed by atoms with E-state index in [1.54, 1.807) is 0 Å². The molecule has 12 heavy (non-hydrogen) atoms. The van der Waals surface area contributed by atoms with E-state index in [-0.39, 0.29) is 0 Å². The number of hydrogen-bond acceptors (Lipinski definition) is 0.